The zero-order valence-corrected chi connectivity index (χ0v) is 14.1. The maximum atomic E-state index is 12.9. The second-order valence-corrected chi connectivity index (χ2v) is 6.08. The van der Waals surface area contributed by atoms with Crippen LogP contribution in [0.5, 0.6) is 5.75 Å². The molecular formula is C19H20N4O2. The van der Waals surface area contributed by atoms with E-state index >= 15 is 0 Å². The number of anilines is 1. The van der Waals surface area contributed by atoms with Crippen molar-refractivity contribution in [2.75, 3.05) is 38.2 Å². The molecule has 25 heavy (non-hydrogen) atoms. The van der Waals surface area contributed by atoms with Crippen molar-refractivity contribution in [3.63, 3.8) is 0 Å². The number of hydrogen-bond donors (Lipinski definition) is 1. The van der Waals surface area contributed by atoms with Crippen molar-refractivity contribution in [2.24, 2.45) is 0 Å². The minimum Gasteiger partial charge on any atom is -0.497 e. The molecule has 6 heteroatoms. The van der Waals surface area contributed by atoms with Gasteiger partial charge in [0.2, 0.25) is 0 Å². The number of rotatable bonds is 3. The Morgan fingerprint density at radius 1 is 1.16 bits per heavy atom. The molecule has 1 saturated heterocycles. The number of H-pyrrole nitrogens is 1. The van der Waals surface area contributed by atoms with E-state index in [9.17, 15) is 4.79 Å². The van der Waals surface area contributed by atoms with Crippen molar-refractivity contribution in [1.29, 1.82) is 0 Å². The molecule has 0 radical (unpaired) electrons. The summed E-state index contributed by atoms with van der Waals surface area (Å²) in [7, 11) is 1.65. The molecule has 1 fully saturated rings. The van der Waals surface area contributed by atoms with Crippen molar-refractivity contribution in [3.8, 4) is 5.75 Å². The summed E-state index contributed by atoms with van der Waals surface area (Å²) in [4.78, 5) is 24.6. The summed E-state index contributed by atoms with van der Waals surface area (Å²) < 4.78 is 5.26. The molecular weight excluding hydrogens is 316 g/mol. The Balaban J connectivity index is 1.48. The predicted molar refractivity (Wildman–Crippen MR) is 97.2 cm³/mol. The number of ether oxygens (including phenoxy) is 1. The molecule has 0 saturated carbocycles. The van der Waals surface area contributed by atoms with Crippen molar-refractivity contribution in [1.82, 2.24) is 14.9 Å². The number of aromatic nitrogens is 2. The normalized spacial score (nSPS) is 14.8. The molecule has 2 aromatic heterocycles. The highest BCUT2D eigenvalue weighted by Gasteiger charge is 2.24. The number of methoxy groups -OCH3 is 1. The van der Waals surface area contributed by atoms with Gasteiger partial charge < -0.3 is 19.5 Å². The van der Waals surface area contributed by atoms with Gasteiger partial charge in [-0.1, -0.05) is 12.1 Å². The van der Waals surface area contributed by atoms with Crippen LogP contribution >= 0.6 is 0 Å². The molecule has 1 N–H and O–H groups in total. The molecule has 3 heterocycles. The van der Waals surface area contributed by atoms with Gasteiger partial charge in [0.1, 0.15) is 11.6 Å². The van der Waals surface area contributed by atoms with Crippen molar-refractivity contribution in [2.45, 2.75) is 0 Å². The van der Waals surface area contributed by atoms with E-state index in [0.29, 0.717) is 13.1 Å². The third-order valence-corrected chi connectivity index (χ3v) is 4.66. The van der Waals surface area contributed by atoms with E-state index in [4.69, 9.17) is 4.74 Å². The van der Waals surface area contributed by atoms with Gasteiger partial charge in [-0.3, -0.25) is 4.79 Å². The van der Waals surface area contributed by atoms with Gasteiger partial charge in [0.25, 0.3) is 5.91 Å². The van der Waals surface area contributed by atoms with E-state index in [2.05, 4.69) is 14.9 Å². The number of para-hydroxylation sites is 1. The maximum Gasteiger partial charge on any atom is 0.256 e. The summed E-state index contributed by atoms with van der Waals surface area (Å²) in [6.07, 6.45) is 3.62. The van der Waals surface area contributed by atoms with E-state index in [0.717, 1.165) is 41.1 Å². The number of carbonyl (C=O) groups excluding carboxylic acids is 1. The van der Waals surface area contributed by atoms with Gasteiger partial charge in [-0.2, -0.15) is 0 Å². The Morgan fingerprint density at radius 3 is 2.80 bits per heavy atom. The van der Waals surface area contributed by atoms with E-state index in [1.807, 2.05) is 47.5 Å². The summed E-state index contributed by atoms with van der Waals surface area (Å²) >= 11 is 0. The van der Waals surface area contributed by atoms with Crippen LogP contribution in [0.15, 0.2) is 48.8 Å². The second-order valence-electron chi connectivity index (χ2n) is 6.08. The maximum absolute atomic E-state index is 12.9. The van der Waals surface area contributed by atoms with Crippen LogP contribution in [0.1, 0.15) is 10.4 Å². The van der Waals surface area contributed by atoms with Gasteiger partial charge in [0, 0.05) is 50.0 Å². The molecule has 0 atom stereocenters. The van der Waals surface area contributed by atoms with Crippen LogP contribution in [0, 0.1) is 0 Å². The number of pyridine rings is 1. The van der Waals surface area contributed by atoms with Crippen LogP contribution in [-0.4, -0.2) is 54.1 Å². The van der Waals surface area contributed by atoms with Gasteiger partial charge in [0.15, 0.2) is 0 Å². The number of aromatic amines is 1. The SMILES string of the molecule is COc1ccnc(N2CCN(C(=O)c3cccc4cc[nH]c34)CC2)c1. The molecule has 0 spiro atoms. The van der Waals surface area contributed by atoms with Crippen LogP contribution in [0.2, 0.25) is 0 Å². The van der Waals surface area contributed by atoms with Crippen LogP contribution in [0.4, 0.5) is 5.82 Å². The van der Waals surface area contributed by atoms with Crippen LogP contribution in [-0.2, 0) is 0 Å². The highest BCUT2D eigenvalue weighted by Crippen LogP contribution is 2.22. The second kappa shape index (κ2) is 6.47. The number of fused-ring (bicyclic) bond motifs is 1. The average molecular weight is 336 g/mol. The van der Waals surface area contributed by atoms with Gasteiger partial charge in [0.05, 0.1) is 18.2 Å². The third-order valence-electron chi connectivity index (χ3n) is 4.66. The Labute approximate surface area is 146 Å². The van der Waals surface area contributed by atoms with Gasteiger partial charge in [-0.15, -0.1) is 0 Å². The molecule has 0 aliphatic carbocycles. The fourth-order valence-electron chi connectivity index (χ4n) is 3.27. The minimum absolute atomic E-state index is 0.0753. The molecule has 1 amide bonds. The number of carbonyl (C=O) groups is 1. The lowest BCUT2D eigenvalue weighted by Gasteiger charge is -2.35. The Morgan fingerprint density at radius 2 is 2.00 bits per heavy atom. The topological polar surface area (TPSA) is 61.5 Å². The summed E-state index contributed by atoms with van der Waals surface area (Å²) in [6.45, 7) is 2.86. The van der Waals surface area contributed by atoms with Crippen molar-refractivity contribution in [3.05, 3.63) is 54.4 Å². The summed E-state index contributed by atoms with van der Waals surface area (Å²) in [6, 6.07) is 11.6. The lowest BCUT2D eigenvalue weighted by molar-refractivity contribution is 0.0748. The van der Waals surface area contributed by atoms with E-state index < -0.39 is 0 Å². The molecule has 1 aliphatic heterocycles. The lowest BCUT2D eigenvalue weighted by Crippen LogP contribution is -2.49. The molecule has 128 valence electrons. The Bertz CT molecular complexity index is 897. The highest BCUT2D eigenvalue weighted by molar-refractivity contribution is 6.05. The molecule has 4 rings (SSSR count). The highest BCUT2D eigenvalue weighted by atomic mass is 16.5. The van der Waals surface area contributed by atoms with E-state index in [-0.39, 0.29) is 5.91 Å². The first-order valence-electron chi connectivity index (χ1n) is 8.36. The molecule has 1 aliphatic rings. The first kappa shape index (κ1) is 15.5. The van der Waals surface area contributed by atoms with Crippen LogP contribution in [0.3, 0.4) is 0 Å². The standard InChI is InChI=1S/C19H20N4O2/c1-25-15-6-8-20-17(13-15)22-9-11-23(12-10-22)19(24)16-4-2-3-14-5-7-21-18(14)16/h2-8,13,21H,9-12H2,1H3. The van der Waals surface area contributed by atoms with Crippen molar-refractivity contribution < 1.29 is 9.53 Å². The molecule has 0 bridgehead atoms. The van der Waals surface area contributed by atoms with Crippen molar-refractivity contribution >= 4 is 22.6 Å². The predicted octanol–water partition coefficient (Wildman–Crippen LogP) is 2.53. The molecule has 1 aromatic carbocycles. The summed E-state index contributed by atoms with van der Waals surface area (Å²) in [5, 5.41) is 1.06. The quantitative estimate of drug-likeness (QED) is 0.798. The van der Waals surface area contributed by atoms with Crippen LogP contribution in [0.25, 0.3) is 10.9 Å². The largest absolute Gasteiger partial charge is 0.497 e. The first-order valence-corrected chi connectivity index (χ1v) is 8.36. The zero-order chi connectivity index (χ0) is 17.2. The number of hydrogen-bond acceptors (Lipinski definition) is 4. The molecule has 6 nitrogen and oxygen atoms in total. The summed E-state index contributed by atoms with van der Waals surface area (Å²) in [5.41, 5.74) is 1.64. The third kappa shape index (κ3) is 2.91. The lowest BCUT2D eigenvalue weighted by atomic mass is 10.1. The fraction of sp³-hybridized carbons (Fsp3) is 0.263. The number of nitrogens with zero attached hydrogens (tertiary/aromatic N) is 3. The number of benzene rings is 1. The molecule has 3 aromatic rings. The van der Waals surface area contributed by atoms with Gasteiger partial charge in [-0.25, -0.2) is 4.98 Å². The van der Waals surface area contributed by atoms with Crippen LogP contribution < -0.4 is 9.64 Å². The number of nitrogens with one attached hydrogen (secondary N) is 1. The zero-order valence-electron chi connectivity index (χ0n) is 14.1. The monoisotopic (exact) mass is 336 g/mol. The number of amides is 1. The van der Waals surface area contributed by atoms with E-state index in [1.54, 1.807) is 13.3 Å². The summed E-state index contributed by atoms with van der Waals surface area (Å²) in [5.74, 6) is 1.76. The smallest absolute Gasteiger partial charge is 0.256 e. The minimum atomic E-state index is 0.0753. The van der Waals surface area contributed by atoms with Gasteiger partial charge >= 0.3 is 0 Å². The Kier molecular flexibility index (Phi) is 4.01. The molecule has 0 unspecified atom stereocenters. The average Bonchev–Trinajstić information content (AvgIpc) is 3.16. The number of piperazine rings is 1. The first-order chi connectivity index (χ1) is 12.3. The van der Waals surface area contributed by atoms with Gasteiger partial charge in [-0.05, 0) is 18.2 Å². The fourth-order valence-corrected chi connectivity index (χ4v) is 3.27. The Hall–Kier alpha value is -3.02. The van der Waals surface area contributed by atoms with E-state index in [1.165, 1.54) is 0 Å².